The molecule has 0 atom stereocenters. The van der Waals surface area contributed by atoms with Gasteiger partial charge in [-0.3, -0.25) is 0 Å². The van der Waals surface area contributed by atoms with Gasteiger partial charge in [0.25, 0.3) is 0 Å². The minimum absolute atomic E-state index is 0.361. The molecule has 0 radical (unpaired) electrons. The Morgan fingerprint density at radius 1 is 1.26 bits per heavy atom. The van der Waals surface area contributed by atoms with Crippen LogP contribution in [0.4, 0.5) is 0 Å². The van der Waals surface area contributed by atoms with Crippen molar-refractivity contribution < 1.29 is 8.42 Å². The average molecular weight is 346 g/mol. The first-order chi connectivity index (χ1) is 9.00. The molecule has 1 aliphatic rings. The Kier molecular flexibility index (Phi) is 5.03. The summed E-state index contributed by atoms with van der Waals surface area (Å²) in [7, 11) is -1.67. The van der Waals surface area contributed by atoms with Crippen molar-refractivity contribution >= 4 is 26.0 Å². The first-order valence-corrected chi connectivity index (χ1v) is 8.95. The highest BCUT2D eigenvalue weighted by Gasteiger charge is 2.24. The van der Waals surface area contributed by atoms with E-state index in [0.717, 1.165) is 17.3 Å². The lowest BCUT2D eigenvalue weighted by Crippen LogP contribution is -2.32. The van der Waals surface area contributed by atoms with Crippen LogP contribution in [0, 0.1) is 5.92 Å². The fraction of sp³-hybridized carbons (Fsp3) is 0.571. The normalized spacial score (nSPS) is 17.8. The zero-order valence-corrected chi connectivity index (χ0v) is 13.6. The van der Waals surface area contributed by atoms with Crippen molar-refractivity contribution in [3.63, 3.8) is 0 Å². The Hall–Kier alpha value is -0.390. The molecule has 1 aromatic rings. The summed E-state index contributed by atoms with van der Waals surface area (Å²) in [6, 6.07) is 6.90. The second kappa shape index (κ2) is 6.37. The number of benzene rings is 1. The van der Waals surface area contributed by atoms with E-state index in [-0.39, 0.29) is 0 Å². The summed E-state index contributed by atoms with van der Waals surface area (Å²) in [6.07, 6.45) is 6.06. The zero-order valence-electron chi connectivity index (χ0n) is 11.2. The Bertz CT molecular complexity index is 524. The van der Waals surface area contributed by atoms with Gasteiger partial charge >= 0.3 is 0 Å². The molecule has 0 aromatic heterocycles. The molecule has 0 heterocycles. The van der Waals surface area contributed by atoms with Gasteiger partial charge in [-0.15, -0.1) is 0 Å². The molecule has 1 saturated carbocycles. The predicted molar refractivity (Wildman–Crippen MR) is 80.5 cm³/mol. The van der Waals surface area contributed by atoms with Gasteiger partial charge in [0.05, 0.1) is 4.90 Å². The smallest absolute Gasteiger partial charge is 0.207 e. The lowest BCUT2D eigenvalue weighted by molar-refractivity contribution is 0.300. The number of rotatable bonds is 4. The highest BCUT2D eigenvalue weighted by molar-refractivity contribution is 9.10. The Labute approximate surface area is 124 Å². The minimum Gasteiger partial charge on any atom is -0.207 e. The molecule has 1 aromatic carbocycles. The topological polar surface area (TPSA) is 37.4 Å². The number of halogens is 1. The first kappa shape index (κ1) is 15.0. The molecule has 0 N–H and O–H groups in total. The van der Waals surface area contributed by atoms with Gasteiger partial charge in [0.1, 0.15) is 0 Å². The van der Waals surface area contributed by atoms with Crippen molar-refractivity contribution in [2.45, 2.75) is 37.0 Å². The third-order valence-corrected chi connectivity index (χ3v) is 6.06. The van der Waals surface area contributed by atoms with Gasteiger partial charge < -0.3 is 0 Å². The standard InChI is InChI=1S/C14H20BrNO2S/c1-16(11-12-6-3-2-4-7-12)19(17,18)14-9-5-8-13(15)10-14/h5,8-10,12H,2-4,6-7,11H2,1H3. The molecule has 0 saturated heterocycles. The number of sulfonamides is 1. The summed E-state index contributed by atoms with van der Waals surface area (Å²) >= 11 is 3.32. The summed E-state index contributed by atoms with van der Waals surface area (Å²) in [5.74, 6) is 0.515. The third-order valence-electron chi connectivity index (χ3n) is 3.74. The molecule has 0 bridgehead atoms. The van der Waals surface area contributed by atoms with Gasteiger partial charge in [-0.2, -0.15) is 0 Å². The summed E-state index contributed by atoms with van der Waals surface area (Å²) in [5.41, 5.74) is 0. The minimum atomic E-state index is -3.36. The van der Waals surface area contributed by atoms with Crippen LogP contribution in [-0.4, -0.2) is 26.3 Å². The van der Waals surface area contributed by atoms with Gasteiger partial charge in [0.2, 0.25) is 10.0 Å². The van der Waals surface area contributed by atoms with Crippen LogP contribution in [0.15, 0.2) is 33.6 Å². The van der Waals surface area contributed by atoms with Crippen LogP contribution < -0.4 is 0 Å². The van der Waals surface area contributed by atoms with E-state index >= 15 is 0 Å². The zero-order chi connectivity index (χ0) is 13.9. The third kappa shape index (κ3) is 3.80. The van der Waals surface area contributed by atoms with E-state index in [4.69, 9.17) is 0 Å². The van der Waals surface area contributed by atoms with E-state index in [1.807, 2.05) is 6.07 Å². The first-order valence-electron chi connectivity index (χ1n) is 6.72. The van der Waals surface area contributed by atoms with Gasteiger partial charge in [-0.1, -0.05) is 41.3 Å². The summed E-state index contributed by atoms with van der Waals surface area (Å²) in [5, 5.41) is 0. The number of nitrogens with zero attached hydrogens (tertiary/aromatic N) is 1. The van der Waals surface area contributed by atoms with E-state index in [9.17, 15) is 8.42 Å². The summed E-state index contributed by atoms with van der Waals surface area (Å²) in [6.45, 7) is 0.634. The molecule has 0 aliphatic heterocycles. The van der Waals surface area contributed by atoms with Crippen LogP contribution in [0.2, 0.25) is 0 Å². The van der Waals surface area contributed by atoms with Crippen LogP contribution in [0.1, 0.15) is 32.1 Å². The number of hydrogen-bond donors (Lipinski definition) is 0. The molecular weight excluding hydrogens is 326 g/mol. The van der Waals surface area contributed by atoms with Crippen molar-refractivity contribution in [3.05, 3.63) is 28.7 Å². The van der Waals surface area contributed by atoms with Crippen LogP contribution >= 0.6 is 15.9 Å². The molecular formula is C14H20BrNO2S. The van der Waals surface area contributed by atoms with Gasteiger partial charge in [-0.05, 0) is 37.0 Å². The van der Waals surface area contributed by atoms with E-state index in [2.05, 4.69) is 15.9 Å². The van der Waals surface area contributed by atoms with Gasteiger partial charge in [-0.25, -0.2) is 12.7 Å². The van der Waals surface area contributed by atoms with E-state index in [1.54, 1.807) is 25.2 Å². The van der Waals surface area contributed by atoms with Crippen LogP contribution in [0.5, 0.6) is 0 Å². The summed E-state index contributed by atoms with van der Waals surface area (Å²) < 4.78 is 27.2. The lowest BCUT2D eigenvalue weighted by Gasteiger charge is -2.26. The molecule has 106 valence electrons. The molecule has 3 nitrogen and oxygen atoms in total. The fourth-order valence-electron chi connectivity index (χ4n) is 2.64. The average Bonchev–Trinajstić information content (AvgIpc) is 2.40. The second-order valence-electron chi connectivity index (χ2n) is 5.25. The molecule has 19 heavy (non-hydrogen) atoms. The fourth-order valence-corrected chi connectivity index (χ4v) is 4.48. The highest BCUT2D eigenvalue weighted by atomic mass is 79.9. The van der Waals surface area contributed by atoms with Crippen molar-refractivity contribution in [1.29, 1.82) is 0 Å². The Balaban J connectivity index is 2.10. The maximum absolute atomic E-state index is 12.5. The molecule has 1 fully saturated rings. The maximum atomic E-state index is 12.5. The van der Waals surface area contributed by atoms with Gasteiger partial charge in [0, 0.05) is 18.1 Å². The number of hydrogen-bond acceptors (Lipinski definition) is 2. The molecule has 5 heteroatoms. The lowest BCUT2D eigenvalue weighted by atomic mass is 9.89. The second-order valence-corrected chi connectivity index (χ2v) is 8.21. The Morgan fingerprint density at radius 2 is 1.95 bits per heavy atom. The predicted octanol–water partition coefficient (Wildman–Crippen LogP) is 3.65. The molecule has 0 amide bonds. The quantitative estimate of drug-likeness (QED) is 0.835. The molecule has 1 aliphatic carbocycles. The van der Waals surface area contributed by atoms with Crippen molar-refractivity contribution in [2.24, 2.45) is 5.92 Å². The van der Waals surface area contributed by atoms with Gasteiger partial charge in [0.15, 0.2) is 0 Å². The summed E-state index contributed by atoms with van der Waals surface area (Å²) in [4.78, 5) is 0.361. The largest absolute Gasteiger partial charge is 0.242 e. The molecule has 0 spiro atoms. The Morgan fingerprint density at radius 3 is 2.58 bits per heavy atom. The monoisotopic (exact) mass is 345 g/mol. The van der Waals surface area contributed by atoms with Crippen LogP contribution in [-0.2, 0) is 10.0 Å². The van der Waals surface area contributed by atoms with E-state index in [0.29, 0.717) is 17.4 Å². The SMILES string of the molecule is CN(CC1CCCCC1)S(=O)(=O)c1cccc(Br)c1. The van der Waals surface area contributed by atoms with E-state index < -0.39 is 10.0 Å². The molecule has 0 unspecified atom stereocenters. The van der Waals surface area contributed by atoms with Crippen LogP contribution in [0.25, 0.3) is 0 Å². The van der Waals surface area contributed by atoms with Crippen LogP contribution in [0.3, 0.4) is 0 Å². The maximum Gasteiger partial charge on any atom is 0.242 e. The van der Waals surface area contributed by atoms with Crippen molar-refractivity contribution in [3.8, 4) is 0 Å². The highest BCUT2D eigenvalue weighted by Crippen LogP contribution is 2.26. The van der Waals surface area contributed by atoms with Crippen molar-refractivity contribution in [1.82, 2.24) is 4.31 Å². The molecule has 2 rings (SSSR count). The van der Waals surface area contributed by atoms with E-state index in [1.165, 1.54) is 23.6 Å². The van der Waals surface area contributed by atoms with Crippen molar-refractivity contribution in [2.75, 3.05) is 13.6 Å².